The highest BCUT2D eigenvalue weighted by Gasteiger charge is 2.36. The normalized spacial score (nSPS) is 16.1. The summed E-state index contributed by atoms with van der Waals surface area (Å²) in [5.74, 6) is -0.978. The maximum Gasteiger partial charge on any atom is 0.167 e. The molecule has 3 rings (SSSR count). The van der Waals surface area contributed by atoms with Gasteiger partial charge in [0.1, 0.15) is 28.8 Å². The highest BCUT2D eigenvalue weighted by atomic mass is 16.3. The number of phenols is 1. The van der Waals surface area contributed by atoms with Crippen molar-refractivity contribution in [2.75, 3.05) is 66.4 Å². The number of carbonyl (C=O) groups is 3. The van der Waals surface area contributed by atoms with Crippen molar-refractivity contribution in [3.8, 4) is 17.1 Å². The van der Waals surface area contributed by atoms with Gasteiger partial charge in [0.2, 0.25) is 0 Å². The molecule has 0 saturated heterocycles. The van der Waals surface area contributed by atoms with Crippen LogP contribution in [0.4, 0.5) is 5.69 Å². The van der Waals surface area contributed by atoms with Gasteiger partial charge < -0.3 is 35.0 Å². The van der Waals surface area contributed by atoms with Crippen LogP contribution in [0.25, 0.3) is 11.3 Å². The average Bonchev–Trinajstić information content (AvgIpc) is 3.35. The number of ketones is 3. The van der Waals surface area contributed by atoms with E-state index in [1.165, 1.54) is 6.92 Å². The molecule has 0 fully saturated rings. The molecule has 11 heteroatoms. The molecule has 0 radical (unpaired) electrons. The fourth-order valence-corrected chi connectivity index (χ4v) is 5.97. The van der Waals surface area contributed by atoms with E-state index in [0.29, 0.717) is 36.3 Å². The maximum absolute atomic E-state index is 13.6. The van der Waals surface area contributed by atoms with Gasteiger partial charge in [0.15, 0.2) is 5.78 Å². The first-order valence-electron chi connectivity index (χ1n) is 14.6. The van der Waals surface area contributed by atoms with Crippen LogP contribution in [0.5, 0.6) is 5.75 Å². The number of benzene rings is 1. The molecule has 3 unspecified atom stereocenters. The number of hydrogen-bond acceptors (Lipinski definition) is 10. The van der Waals surface area contributed by atoms with Crippen LogP contribution in [0.15, 0.2) is 22.6 Å². The monoisotopic (exact) mass is 607 g/mol. The number of Topliss-reactive ketones (excluding diaryl/α,β-unsaturated/α-hetero) is 3. The minimum atomic E-state index is -0.781. The lowest BCUT2D eigenvalue weighted by Gasteiger charge is -2.33. The predicted octanol–water partition coefficient (Wildman–Crippen LogP) is 2.67. The molecule has 1 aliphatic carbocycles. The number of likely N-dealkylation sites (N-methyl/N-ethyl adjacent to an activating group) is 2. The molecule has 0 aliphatic heterocycles. The number of furan rings is 1. The van der Waals surface area contributed by atoms with E-state index in [1.807, 2.05) is 58.3 Å². The van der Waals surface area contributed by atoms with Crippen molar-refractivity contribution in [1.82, 2.24) is 9.80 Å². The van der Waals surface area contributed by atoms with E-state index in [2.05, 4.69) is 9.80 Å². The lowest BCUT2D eigenvalue weighted by Crippen LogP contribution is -2.33. The summed E-state index contributed by atoms with van der Waals surface area (Å²) in [5, 5.41) is 31.1. The summed E-state index contributed by atoms with van der Waals surface area (Å²) in [6, 6.07) is 5.55. The van der Waals surface area contributed by atoms with Gasteiger partial charge in [-0.2, -0.15) is 0 Å². The first-order chi connectivity index (χ1) is 19.9. The van der Waals surface area contributed by atoms with Crippen molar-refractivity contribution in [2.24, 2.45) is 17.8 Å². The molecule has 244 valence electrons. The summed E-state index contributed by atoms with van der Waals surface area (Å²) in [7, 11) is 9.85. The average molecular weight is 608 g/mol. The third-order valence-electron chi connectivity index (χ3n) is 8.13. The van der Waals surface area contributed by atoms with E-state index in [9.17, 15) is 29.7 Å². The zero-order valence-electron chi connectivity index (χ0n) is 26.4. The van der Waals surface area contributed by atoms with Crippen molar-refractivity contribution >= 4 is 23.0 Å². The number of aromatic hydroxyl groups is 1. The van der Waals surface area contributed by atoms with Gasteiger partial charge in [0.05, 0.1) is 30.7 Å². The number of phenolic OH excluding ortho intramolecular Hbond substituents is 1. The van der Waals surface area contributed by atoms with Crippen molar-refractivity contribution in [2.45, 2.75) is 45.6 Å². The summed E-state index contributed by atoms with van der Waals surface area (Å²) in [6.07, 6.45) is 1.10. The number of fused-ring (bicyclic) bond motifs is 1. The summed E-state index contributed by atoms with van der Waals surface area (Å²) < 4.78 is 6.13. The van der Waals surface area contributed by atoms with Crippen LogP contribution in [0, 0.1) is 17.8 Å². The van der Waals surface area contributed by atoms with Gasteiger partial charge in [-0.25, -0.2) is 0 Å². The summed E-state index contributed by atoms with van der Waals surface area (Å²) in [5.41, 5.74) is 2.27. The van der Waals surface area contributed by atoms with E-state index >= 15 is 0 Å². The third kappa shape index (κ3) is 9.20. The SMILES string of the molecule is CC(=O)CC(=O)C(CO)C(CCO)CC1CC(=O)c2c(O)c(-c3ccc(CN(C)CCN(C)C)o3)cc(N(C)C)c2C1.O.[HH].[HH]. The second-order valence-electron chi connectivity index (χ2n) is 12.2. The molecule has 1 aromatic heterocycles. The molecular formula is C32H53N3O8. The van der Waals surface area contributed by atoms with Gasteiger partial charge >= 0.3 is 0 Å². The number of aliphatic hydroxyl groups excluding tert-OH is 2. The number of aliphatic hydroxyl groups is 2. The number of rotatable bonds is 16. The lowest BCUT2D eigenvalue weighted by molar-refractivity contribution is -0.131. The smallest absolute Gasteiger partial charge is 0.167 e. The topological polar surface area (TPSA) is 166 Å². The van der Waals surface area contributed by atoms with Gasteiger partial charge in [-0.05, 0) is 82.9 Å². The number of anilines is 1. The zero-order chi connectivity index (χ0) is 31.1. The van der Waals surface area contributed by atoms with E-state index < -0.39 is 12.5 Å². The van der Waals surface area contributed by atoms with Crippen molar-refractivity contribution in [1.29, 1.82) is 0 Å². The molecule has 11 nitrogen and oxygen atoms in total. The molecule has 1 aliphatic rings. The molecule has 5 N–H and O–H groups in total. The van der Waals surface area contributed by atoms with Gasteiger partial charge in [0.25, 0.3) is 0 Å². The fourth-order valence-electron chi connectivity index (χ4n) is 5.97. The standard InChI is InChI=1S/C32H47N3O7.H2O.2H2/c1-20(38)13-28(39)26(19-37)22(9-12-36)14-21-15-24-27(34(4)5)17-25(32(41)31(24)29(40)16-21)30-8-7-23(42-30)18-35(6)11-10-33(2)3;;;/h7-8,17,21-22,26,36-37,41H,9-16,18-19H2,1-6H3;1H2;2*1H. The Morgan fingerprint density at radius 3 is 2.37 bits per heavy atom. The van der Waals surface area contributed by atoms with Crippen molar-refractivity contribution in [3.63, 3.8) is 0 Å². The van der Waals surface area contributed by atoms with E-state index in [1.54, 1.807) is 0 Å². The summed E-state index contributed by atoms with van der Waals surface area (Å²) in [4.78, 5) is 44.0. The van der Waals surface area contributed by atoms with Gasteiger partial charge in [0, 0.05) is 54.7 Å². The molecule has 0 amide bonds. The Hall–Kier alpha value is -3.09. The number of carbonyl (C=O) groups excluding carboxylic acids is 3. The molecule has 43 heavy (non-hydrogen) atoms. The number of nitrogens with zero attached hydrogens (tertiary/aromatic N) is 3. The van der Waals surface area contributed by atoms with Gasteiger partial charge in [-0.1, -0.05) is 0 Å². The Balaban J connectivity index is 0.00000645. The molecule has 1 aromatic carbocycles. The van der Waals surface area contributed by atoms with Crippen LogP contribution < -0.4 is 4.90 Å². The molecule has 0 saturated carbocycles. The van der Waals surface area contributed by atoms with Crippen LogP contribution >= 0.6 is 0 Å². The van der Waals surface area contributed by atoms with Crippen LogP contribution in [0.1, 0.15) is 57.1 Å². The molecule has 3 atom stereocenters. The summed E-state index contributed by atoms with van der Waals surface area (Å²) in [6.45, 7) is 3.15. The lowest BCUT2D eigenvalue weighted by atomic mass is 9.73. The predicted molar refractivity (Wildman–Crippen MR) is 170 cm³/mol. The zero-order valence-corrected chi connectivity index (χ0v) is 26.4. The molecule has 0 spiro atoms. The maximum atomic E-state index is 13.6. The van der Waals surface area contributed by atoms with Gasteiger partial charge in [-0.3, -0.25) is 19.3 Å². The minimum Gasteiger partial charge on any atom is -0.506 e. The first-order valence-corrected chi connectivity index (χ1v) is 14.6. The van der Waals surface area contributed by atoms with Gasteiger partial charge in [-0.15, -0.1) is 0 Å². The van der Waals surface area contributed by atoms with Crippen LogP contribution in [0.3, 0.4) is 0 Å². The fraction of sp³-hybridized carbons (Fsp3) is 0.594. The molecule has 0 bridgehead atoms. The Labute approximate surface area is 257 Å². The molecule has 2 aromatic rings. The van der Waals surface area contributed by atoms with Crippen molar-refractivity contribution < 1.29 is 42.4 Å². The Morgan fingerprint density at radius 2 is 1.79 bits per heavy atom. The summed E-state index contributed by atoms with van der Waals surface area (Å²) >= 11 is 0. The Bertz CT molecular complexity index is 1270. The largest absolute Gasteiger partial charge is 0.506 e. The first kappa shape index (κ1) is 36.1. The van der Waals surface area contributed by atoms with E-state index in [4.69, 9.17) is 4.42 Å². The van der Waals surface area contributed by atoms with Crippen molar-refractivity contribution in [3.05, 3.63) is 35.1 Å². The molecular weight excluding hydrogens is 554 g/mol. The van der Waals surface area contributed by atoms with E-state index in [-0.39, 0.29) is 69.1 Å². The highest BCUT2D eigenvalue weighted by molar-refractivity contribution is 6.05. The van der Waals surface area contributed by atoms with Crippen LogP contribution in [0.2, 0.25) is 0 Å². The third-order valence-corrected chi connectivity index (χ3v) is 8.13. The quantitative estimate of drug-likeness (QED) is 0.242. The molecule has 1 heterocycles. The van der Waals surface area contributed by atoms with Crippen LogP contribution in [-0.4, -0.2) is 109 Å². The second kappa shape index (κ2) is 16.1. The Kier molecular flexibility index (Phi) is 13.5. The van der Waals surface area contributed by atoms with E-state index in [0.717, 1.165) is 30.1 Å². The Morgan fingerprint density at radius 1 is 1.09 bits per heavy atom. The minimum absolute atomic E-state index is 0. The van der Waals surface area contributed by atoms with Crippen LogP contribution in [-0.2, 0) is 22.6 Å². The second-order valence-corrected chi connectivity index (χ2v) is 12.2. The number of hydrogen-bond donors (Lipinski definition) is 3. The highest BCUT2D eigenvalue weighted by Crippen LogP contribution is 2.45.